The number of hydrogen-bond donors (Lipinski definition) is 0. The molecular formula is C35H22BrN3. The highest BCUT2D eigenvalue weighted by molar-refractivity contribution is 9.10. The van der Waals surface area contributed by atoms with Gasteiger partial charge >= 0.3 is 0 Å². The van der Waals surface area contributed by atoms with E-state index in [-0.39, 0.29) is 0 Å². The van der Waals surface area contributed by atoms with Crippen molar-refractivity contribution < 1.29 is 0 Å². The molecule has 7 aromatic rings. The van der Waals surface area contributed by atoms with Gasteiger partial charge < -0.3 is 0 Å². The molecule has 6 aromatic carbocycles. The van der Waals surface area contributed by atoms with E-state index in [1.165, 1.54) is 10.8 Å². The lowest BCUT2D eigenvalue weighted by molar-refractivity contribution is 1.08. The van der Waals surface area contributed by atoms with Crippen molar-refractivity contribution in [3.63, 3.8) is 0 Å². The van der Waals surface area contributed by atoms with Crippen LogP contribution in [0.1, 0.15) is 0 Å². The molecule has 39 heavy (non-hydrogen) atoms. The molecule has 0 radical (unpaired) electrons. The predicted molar refractivity (Wildman–Crippen MR) is 164 cm³/mol. The fourth-order valence-corrected chi connectivity index (χ4v) is 5.58. The Labute approximate surface area is 235 Å². The molecule has 0 saturated carbocycles. The van der Waals surface area contributed by atoms with Crippen molar-refractivity contribution in [2.24, 2.45) is 0 Å². The molecule has 0 N–H and O–H groups in total. The van der Waals surface area contributed by atoms with Crippen molar-refractivity contribution in [1.82, 2.24) is 15.0 Å². The van der Waals surface area contributed by atoms with E-state index in [0.29, 0.717) is 17.5 Å². The summed E-state index contributed by atoms with van der Waals surface area (Å²) in [6.07, 6.45) is 0. The Morgan fingerprint density at radius 1 is 0.385 bits per heavy atom. The van der Waals surface area contributed by atoms with E-state index < -0.39 is 0 Å². The second-order valence-electron chi connectivity index (χ2n) is 9.46. The van der Waals surface area contributed by atoms with Gasteiger partial charge in [-0.25, -0.2) is 15.0 Å². The lowest BCUT2D eigenvalue weighted by Gasteiger charge is -2.11. The zero-order chi connectivity index (χ0) is 26.2. The first-order chi connectivity index (χ1) is 19.2. The topological polar surface area (TPSA) is 38.7 Å². The van der Waals surface area contributed by atoms with Crippen molar-refractivity contribution in [3.8, 4) is 45.3 Å². The SMILES string of the molecule is Brc1cc2ccccc2cc1-c1ccc(-c2nc(-c3ccccc3)nc(-c3cccc4ccccc34)n2)cc1. The molecule has 0 atom stereocenters. The summed E-state index contributed by atoms with van der Waals surface area (Å²) >= 11 is 3.78. The minimum atomic E-state index is 0.649. The number of benzene rings is 6. The molecule has 0 unspecified atom stereocenters. The summed E-state index contributed by atoms with van der Waals surface area (Å²) in [4.78, 5) is 14.8. The summed E-state index contributed by atoms with van der Waals surface area (Å²) < 4.78 is 1.07. The third-order valence-electron chi connectivity index (χ3n) is 6.99. The molecule has 0 aliphatic heterocycles. The van der Waals surface area contributed by atoms with Crippen LogP contribution in [0, 0.1) is 0 Å². The van der Waals surface area contributed by atoms with Gasteiger partial charge in [-0.2, -0.15) is 0 Å². The van der Waals surface area contributed by atoms with E-state index in [2.05, 4.69) is 119 Å². The molecule has 0 saturated heterocycles. The van der Waals surface area contributed by atoms with E-state index in [0.717, 1.165) is 43.1 Å². The largest absolute Gasteiger partial charge is 0.208 e. The molecule has 0 aliphatic carbocycles. The molecule has 1 heterocycles. The average molecular weight is 564 g/mol. The Morgan fingerprint density at radius 3 is 1.67 bits per heavy atom. The summed E-state index contributed by atoms with van der Waals surface area (Å²) in [6.45, 7) is 0. The lowest BCUT2D eigenvalue weighted by Crippen LogP contribution is -2.00. The average Bonchev–Trinajstić information content (AvgIpc) is 3.01. The van der Waals surface area contributed by atoms with Gasteiger partial charge in [0.25, 0.3) is 0 Å². The minimum Gasteiger partial charge on any atom is -0.208 e. The zero-order valence-electron chi connectivity index (χ0n) is 20.9. The predicted octanol–water partition coefficient (Wildman–Crippen LogP) is 9.61. The molecule has 4 heteroatoms. The lowest BCUT2D eigenvalue weighted by atomic mass is 10.00. The number of halogens is 1. The molecule has 7 rings (SSSR count). The van der Waals surface area contributed by atoms with Crippen molar-refractivity contribution in [2.45, 2.75) is 0 Å². The highest BCUT2D eigenvalue weighted by Gasteiger charge is 2.14. The highest BCUT2D eigenvalue weighted by Crippen LogP contribution is 2.34. The summed E-state index contributed by atoms with van der Waals surface area (Å²) in [7, 11) is 0. The van der Waals surface area contributed by atoms with Crippen LogP contribution in [0.25, 0.3) is 66.8 Å². The molecule has 0 aliphatic rings. The molecule has 3 nitrogen and oxygen atoms in total. The van der Waals surface area contributed by atoms with E-state index in [9.17, 15) is 0 Å². The van der Waals surface area contributed by atoms with Gasteiger partial charge in [0.1, 0.15) is 0 Å². The number of fused-ring (bicyclic) bond motifs is 2. The Hall–Kier alpha value is -4.67. The Bertz CT molecular complexity index is 1960. The molecule has 0 spiro atoms. The minimum absolute atomic E-state index is 0.649. The van der Waals surface area contributed by atoms with Crippen LogP contribution in [-0.4, -0.2) is 15.0 Å². The normalized spacial score (nSPS) is 11.2. The first-order valence-electron chi connectivity index (χ1n) is 12.8. The van der Waals surface area contributed by atoms with E-state index in [1.807, 2.05) is 30.3 Å². The second-order valence-corrected chi connectivity index (χ2v) is 10.3. The summed E-state index contributed by atoms with van der Waals surface area (Å²) in [6, 6.07) is 45.9. The van der Waals surface area contributed by atoms with Crippen LogP contribution < -0.4 is 0 Å². The molecular weight excluding hydrogens is 542 g/mol. The fourth-order valence-electron chi connectivity index (χ4n) is 4.99. The van der Waals surface area contributed by atoms with Crippen LogP contribution in [0.3, 0.4) is 0 Å². The smallest absolute Gasteiger partial charge is 0.164 e. The summed E-state index contributed by atoms with van der Waals surface area (Å²) in [5, 5.41) is 4.70. The van der Waals surface area contributed by atoms with E-state index >= 15 is 0 Å². The number of nitrogens with zero attached hydrogens (tertiary/aromatic N) is 3. The summed E-state index contributed by atoms with van der Waals surface area (Å²) in [5.41, 5.74) is 5.17. The first-order valence-corrected chi connectivity index (χ1v) is 13.6. The number of aromatic nitrogens is 3. The Morgan fingerprint density at radius 2 is 0.923 bits per heavy atom. The Kier molecular flexibility index (Phi) is 5.95. The molecule has 0 fully saturated rings. The van der Waals surface area contributed by atoms with E-state index in [4.69, 9.17) is 15.0 Å². The van der Waals surface area contributed by atoms with Crippen LogP contribution >= 0.6 is 15.9 Å². The van der Waals surface area contributed by atoms with Gasteiger partial charge in [-0.15, -0.1) is 0 Å². The monoisotopic (exact) mass is 563 g/mol. The van der Waals surface area contributed by atoms with Gasteiger partial charge in [0.2, 0.25) is 0 Å². The quantitative estimate of drug-likeness (QED) is 0.214. The molecule has 184 valence electrons. The zero-order valence-corrected chi connectivity index (χ0v) is 22.5. The van der Waals surface area contributed by atoms with Gasteiger partial charge in [-0.05, 0) is 44.8 Å². The van der Waals surface area contributed by atoms with Gasteiger partial charge in [0.05, 0.1) is 0 Å². The Balaban J connectivity index is 1.36. The maximum atomic E-state index is 4.98. The molecule has 1 aromatic heterocycles. The van der Waals surface area contributed by atoms with Gasteiger partial charge in [0, 0.05) is 21.2 Å². The van der Waals surface area contributed by atoms with Gasteiger partial charge in [-0.3, -0.25) is 0 Å². The fraction of sp³-hybridized carbons (Fsp3) is 0. The van der Waals surface area contributed by atoms with Crippen LogP contribution in [-0.2, 0) is 0 Å². The van der Waals surface area contributed by atoms with Crippen LogP contribution in [0.15, 0.2) is 138 Å². The molecule has 0 bridgehead atoms. The summed E-state index contributed by atoms with van der Waals surface area (Å²) in [5.74, 6) is 1.97. The van der Waals surface area contributed by atoms with Gasteiger partial charge in [0.15, 0.2) is 17.5 Å². The van der Waals surface area contributed by atoms with Crippen LogP contribution in [0.5, 0.6) is 0 Å². The van der Waals surface area contributed by atoms with E-state index in [1.54, 1.807) is 0 Å². The molecule has 0 amide bonds. The van der Waals surface area contributed by atoms with Crippen LogP contribution in [0.4, 0.5) is 0 Å². The highest BCUT2D eigenvalue weighted by atomic mass is 79.9. The van der Waals surface area contributed by atoms with Gasteiger partial charge in [-0.1, -0.05) is 137 Å². The number of rotatable bonds is 4. The first kappa shape index (κ1) is 23.4. The second kappa shape index (κ2) is 9.90. The van der Waals surface area contributed by atoms with Crippen molar-refractivity contribution in [3.05, 3.63) is 138 Å². The van der Waals surface area contributed by atoms with Crippen molar-refractivity contribution in [1.29, 1.82) is 0 Å². The number of hydrogen-bond acceptors (Lipinski definition) is 3. The third kappa shape index (κ3) is 4.49. The maximum Gasteiger partial charge on any atom is 0.164 e. The maximum absolute atomic E-state index is 4.98. The van der Waals surface area contributed by atoms with Crippen molar-refractivity contribution in [2.75, 3.05) is 0 Å². The van der Waals surface area contributed by atoms with Crippen molar-refractivity contribution >= 4 is 37.5 Å². The third-order valence-corrected chi connectivity index (χ3v) is 7.64. The standard InChI is InChI=1S/C35H22BrN3/c36-32-22-28-13-5-4-12-27(28)21-31(32)24-17-19-26(20-18-24)34-37-33(25-10-2-1-3-11-25)38-35(39-34)30-16-8-14-23-9-6-7-15-29(23)30/h1-22H. The van der Waals surface area contributed by atoms with Crippen LogP contribution in [0.2, 0.25) is 0 Å².